The number of rotatable bonds is 4. The molecule has 0 aliphatic rings. The second-order valence-corrected chi connectivity index (χ2v) is 11.6. The van der Waals surface area contributed by atoms with E-state index in [-0.39, 0.29) is 0 Å². The van der Waals surface area contributed by atoms with Gasteiger partial charge in [0.05, 0.1) is 11.6 Å². The van der Waals surface area contributed by atoms with Gasteiger partial charge in [0.2, 0.25) is 0 Å². The van der Waals surface area contributed by atoms with Crippen LogP contribution in [0.4, 0.5) is 0 Å². The Balaban J connectivity index is 1.42. The van der Waals surface area contributed by atoms with Gasteiger partial charge in [-0.25, -0.2) is 0 Å². The lowest BCUT2D eigenvalue weighted by molar-refractivity contribution is 0.668. The molecule has 0 unspecified atom stereocenters. The van der Waals surface area contributed by atoms with Crippen molar-refractivity contribution in [3.8, 4) is 50.6 Å². The van der Waals surface area contributed by atoms with E-state index in [1.807, 2.05) is 66.7 Å². The fourth-order valence-corrected chi connectivity index (χ4v) is 6.94. The molecule has 7 aromatic carbocycles. The minimum atomic E-state index is 0.607. The molecule has 0 fully saturated rings. The highest BCUT2D eigenvalue weighted by Gasteiger charge is 2.22. The van der Waals surface area contributed by atoms with E-state index in [1.54, 1.807) is 0 Å². The molecule has 2 aromatic heterocycles. The Kier molecular flexibility index (Phi) is 5.88. The molecule has 0 bridgehead atoms. The van der Waals surface area contributed by atoms with Crippen molar-refractivity contribution in [1.82, 2.24) is 0 Å². The SMILES string of the molecule is N#Cc1cc(-c2ccccc2)cc(-c2c(-c3cccc4oc5ccccc5c34)cccc2-c2cccc3oc4ccccc4c23)c1. The number of fused-ring (bicyclic) bond motifs is 6. The van der Waals surface area contributed by atoms with Crippen LogP contribution >= 0.6 is 0 Å². The van der Waals surface area contributed by atoms with Gasteiger partial charge in [0.15, 0.2) is 0 Å². The molecule has 0 spiro atoms. The van der Waals surface area contributed by atoms with Crippen LogP contribution in [0.5, 0.6) is 0 Å². The number of furan rings is 2. The second kappa shape index (κ2) is 10.4. The summed E-state index contributed by atoms with van der Waals surface area (Å²) < 4.78 is 12.7. The van der Waals surface area contributed by atoms with Crippen LogP contribution in [-0.2, 0) is 0 Å². The van der Waals surface area contributed by atoms with E-state index < -0.39 is 0 Å². The summed E-state index contributed by atoms with van der Waals surface area (Å²) in [5.74, 6) is 0. The zero-order valence-electron chi connectivity index (χ0n) is 24.7. The molecule has 46 heavy (non-hydrogen) atoms. The number of nitriles is 1. The number of hydrogen-bond acceptors (Lipinski definition) is 3. The van der Waals surface area contributed by atoms with Gasteiger partial charge in [-0.15, -0.1) is 0 Å². The molecule has 9 rings (SSSR count). The van der Waals surface area contributed by atoms with Crippen molar-refractivity contribution < 1.29 is 8.83 Å². The van der Waals surface area contributed by atoms with Crippen molar-refractivity contribution in [1.29, 1.82) is 5.26 Å². The van der Waals surface area contributed by atoms with Crippen molar-refractivity contribution in [2.75, 3.05) is 0 Å². The van der Waals surface area contributed by atoms with Gasteiger partial charge in [0.25, 0.3) is 0 Å². The first-order valence-corrected chi connectivity index (χ1v) is 15.3. The highest BCUT2D eigenvalue weighted by atomic mass is 16.3. The van der Waals surface area contributed by atoms with Gasteiger partial charge in [-0.2, -0.15) is 5.26 Å². The summed E-state index contributed by atoms with van der Waals surface area (Å²) >= 11 is 0. The van der Waals surface area contributed by atoms with Gasteiger partial charge in [-0.05, 0) is 87.0 Å². The molecule has 0 saturated carbocycles. The third kappa shape index (κ3) is 4.05. The Labute approximate surface area is 265 Å². The fraction of sp³-hybridized carbons (Fsp3) is 0. The van der Waals surface area contributed by atoms with E-state index in [4.69, 9.17) is 8.83 Å². The first-order chi connectivity index (χ1) is 22.8. The summed E-state index contributed by atoms with van der Waals surface area (Å²) in [4.78, 5) is 0. The molecule has 0 aliphatic carbocycles. The van der Waals surface area contributed by atoms with Crippen LogP contribution < -0.4 is 0 Å². The van der Waals surface area contributed by atoms with Crippen LogP contribution in [0.3, 0.4) is 0 Å². The molecule has 2 heterocycles. The van der Waals surface area contributed by atoms with Gasteiger partial charge in [0.1, 0.15) is 22.3 Å². The highest BCUT2D eigenvalue weighted by Crippen LogP contribution is 2.47. The molecule has 3 nitrogen and oxygen atoms in total. The maximum atomic E-state index is 10.2. The number of para-hydroxylation sites is 2. The minimum absolute atomic E-state index is 0.607. The first-order valence-electron chi connectivity index (χ1n) is 15.3. The standard InChI is InChI=1S/C43H25NO2/c44-26-27-23-29(28-11-2-1-3-12-28)25-30(24-27)41-31(33-17-9-21-39-42(33)35-13-4-6-19-37(35)45-39)15-8-16-32(41)34-18-10-22-40-43(34)36-14-5-7-20-38(36)46-40/h1-25H. The summed E-state index contributed by atoms with van der Waals surface area (Å²) in [6.45, 7) is 0. The lowest BCUT2D eigenvalue weighted by atomic mass is 9.84. The molecule has 0 atom stereocenters. The van der Waals surface area contributed by atoms with Crippen molar-refractivity contribution >= 4 is 43.9 Å². The molecular formula is C43H25NO2. The second-order valence-electron chi connectivity index (χ2n) is 11.6. The van der Waals surface area contributed by atoms with E-state index in [0.717, 1.165) is 88.4 Å². The molecular weight excluding hydrogens is 562 g/mol. The smallest absolute Gasteiger partial charge is 0.136 e. The van der Waals surface area contributed by atoms with Gasteiger partial charge in [-0.3, -0.25) is 0 Å². The number of nitrogens with zero attached hydrogens (tertiary/aromatic N) is 1. The molecule has 0 radical (unpaired) electrons. The van der Waals surface area contributed by atoms with Crippen LogP contribution in [0.2, 0.25) is 0 Å². The normalized spacial score (nSPS) is 11.5. The maximum Gasteiger partial charge on any atom is 0.136 e. The Hall–Kier alpha value is -6.37. The summed E-state index contributed by atoms with van der Waals surface area (Å²) in [7, 11) is 0. The van der Waals surface area contributed by atoms with E-state index >= 15 is 0 Å². The lowest BCUT2D eigenvalue weighted by Crippen LogP contribution is -1.93. The monoisotopic (exact) mass is 587 g/mol. The van der Waals surface area contributed by atoms with Crippen LogP contribution in [0.15, 0.2) is 160 Å². The van der Waals surface area contributed by atoms with Gasteiger partial charge in [-0.1, -0.05) is 109 Å². The van der Waals surface area contributed by atoms with Crippen LogP contribution in [0.25, 0.3) is 88.4 Å². The number of benzene rings is 7. The van der Waals surface area contributed by atoms with Crippen molar-refractivity contribution in [2.24, 2.45) is 0 Å². The Morgan fingerprint density at radius 3 is 1.46 bits per heavy atom. The topological polar surface area (TPSA) is 50.1 Å². The Morgan fingerprint density at radius 2 is 0.870 bits per heavy atom. The summed E-state index contributed by atoms with van der Waals surface area (Å²) in [6, 6.07) is 54.3. The zero-order chi connectivity index (χ0) is 30.6. The van der Waals surface area contributed by atoms with Crippen LogP contribution in [0, 0.1) is 11.3 Å². The molecule has 9 aromatic rings. The van der Waals surface area contributed by atoms with E-state index in [1.165, 1.54) is 0 Å². The largest absolute Gasteiger partial charge is 0.456 e. The van der Waals surface area contributed by atoms with Gasteiger partial charge < -0.3 is 8.83 Å². The Morgan fingerprint density at radius 1 is 0.391 bits per heavy atom. The average molecular weight is 588 g/mol. The predicted octanol–water partition coefficient (Wildman–Crippen LogP) is 12.0. The number of hydrogen-bond donors (Lipinski definition) is 0. The van der Waals surface area contributed by atoms with Crippen LogP contribution in [-0.4, -0.2) is 0 Å². The van der Waals surface area contributed by atoms with E-state index in [2.05, 4.69) is 91.0 Å². The third-order valence-electron chi connectivity index (χ3n) is 8.91. The van der Waals surface area contributed by atoms with Crippen LogP contribution in [0.1, 0.15) is 5.56 Å². The predicted molar refractivity (Wildman–Crippen MR) is 187 cm³/mol. The molecule has 0 N–H and O–H groups in total. The van der Waals surface area contributed by atoms with Gasteiger partial charge >= 0.3 is 0 Å². The van der Waals surface area contributed by atoms with Crippen molar-refractivity contribution in [3.63, 3.8) is 0 Å². The fourth-order valence-electron chi connectivity index (χ4n) is 6.94. The molecule has 0 aliphatic heterocycles. The molecule has 214 valence electrons. The Bertz CT molecular complexity index is 2520. The van der Waals surface area contributed by atoms with Gasteiger partial charge in [0, 0.05) is 21.5 Å². The lowest BCUT2D eigenvalue weighted by Gasteiger charge is -2.19. The molecule has 0 amide bonds. The zero-order valence-corrected chi connectivity index (χ0v) is 24.7. The minimum Gasteiger partial charge on any atom is -0.456 e. The summed E-state index contributed by atoms with van der Waals surface area (Å²) in [5.41, 5.74) is 12.4. The maximum absolute atomic E-state index is 10.2. The quantitative estimate of drug-likeness (QED) is 0.206. The molecule has 0 saturated heterocycles. The van der Waals surface area contributed by atoms with Crippen molar-refractivity contribution in [2.45, 2.75) is 0 Å². The average Bonchev–Trinajstić information content (AvgIpc) is 3.70. The van der Waals surface area contributed by atoms with E-state index in [0.29, 0.717) is 5.56 Å². The molecule has 3 heteroatoms. The van der Waals surface area contributed by atoms with E-state index in [9.17, 15) is 5.26 Å². The summed E-state index contributed by atoms with van der Waals surface area (Å²) in [6.07, 6.45) is 0. The summed E-state index contributed by atoms with van der Waals surface area (Å²) in [5, 5.41) is 14.5. The van der Waals surface area contributed by atoms with Crippen molar-refractivity contribution in [3.05, 3.63) is 157 Å². The first kappa shape index (κ1) is 26.1. The third-order valence-corrected chi connectivity index (χ3v) is 8.91. The highest BCUT2D eigenvalue weighted by molar-refractivity contribution is 6.17.